The summed E-state index contributed by atoms with van der Waals surface area (Å²) in [7, 11) is 2.18. The van der Waals surface area contributed by atoms with Crippen LogP contribution < -0.4 is 10.6 Å². The number of nitrogens with zero attached hydrogens (tertiary/aromatic N) is 2. The van der Waals surface area contributed by atoms with Crippen molar-refractivity contribution in [1.29, 1.82) is 0 Å². The third kappa shape index (κ3) is 2.52. The second kappa shape index (κ2) is 5.29. The lowest BCUT2D eigenvalue weighted by Crippen LogP contribution is -2.55. The van der Waals surface area contributed by atoms with Gasteiger partial charge in [-0.05, 0) is 38.9 Å². The van der Waals surface area contributed by atoms with Crippen molar-refractivity contribution >= 4 is 5.69 Å². The van der Waals surface area contributed by atoms with Gasteiger partial charge in [-0.3, -0.25) is 0 Å². The highest BCUT2D eigenvalue weighted by molar-refractivity contribution is 5.61. The van der Waals surface area contributed by atoms with Crippen molar-refractivity contribution in [3.8, 4) is 0 Å². The second-order valence-electron chi connectivity index (χ2n) is 5.59. The van der Waals surface area contributed by atoms with Crippen molar-refractivity contribution in [2.45, 2.75) is 26.8 Å². The molecule has 1 aromatic carbocycles. The molecule has 3 heteroatoms. The number of hydrogen-bond acceptors (Lipinski definition) is 3. The van der Waals surface area contributed by atoms with Gasteiger partial charge in [-0.2, -0.15) is 0 Å². The van der Waals surface area contributed by atoms with Crippen LogP contribution >= 0.6 is 0 Å². The van der Waals surface area contributed by atoms with Gasteiger partial charge < -0.3 is 15.5 Å². The highest BCUT2D eigenvalue weighted by atomic mass is 15.3. The van der Waals surface area contributed by atoms with Crippen molar-refractivity contribution in [2.75, 3.05) is 38.1 Å². The molecule has 1 aliphatic heterocycles. The predicted octanol–water partition coefficient (Wildman–Crippen LogP) is 1.69. The smallest absolute Gasteiger partial charge is 0.0539 e. The van der Waals surface area contributed by atoms with Crippen LogP contribution in [0.15, 0.2) is 12.1 Å². The normalized spacial score (nSPS) is 21.4. The minimum atomic E-state index is 0.434. The first-order valence-electron chi connectivity index (χ1n) is 6.76. The molecule has 2 rings (SSSR count). The Morgan fingerprint density at radius 3 is 2.33 bits per heavy atom. The maximum Gasteiger partial charge on any atom is 0.0539 e. The second-order valence-corrected chi connectivity index (χ2v) is 5.59. The number of hydrogen-bond donors (Lipinski definition) is 1. The molecule has 1 aliphatic rings. The van der Waals surface area contributed by atoms with Gasteiger partial charge in [0.2, 0.25) is 0 Å². The molecule has 1 aromatic rings. The molecule has 0 saturated carbocycles. The molecule has 1 fully saturated rings. The third-order valence-corrected chi connectivity index (χ3v) is 3.88. The number of nitrogens with two attached hydrogens (primary N) is 1. The van der Waals surface area contributed by atoms with Crippen LogP contribution in [0.1, 0.15) is 16.7 Å². The van der Waals surface area contributed by atoms with Gasteiger partial charge in [0.15, 0.2) is 0 Å². The molecule has 0 aliphatic carbocycles. The molecule has 2 N–H and O–H groups in total. The molecule has 1 heterocycles. The molecule has 1 unspecified atom stereocenters. The van der Waals surface area contributed by atoms with E-state index < -0.39 is 0 Å². The van der Waals surface area contributed by atoms with Gasteiger partial charge in [-0.15, -0.1) is 0 Å². The fraction of sp³-hybridized carbons (Fsp3) is 0.600. The van der Waals surface area contributed by atoms with Crippen LogP contribution in [-0.4, -0.2) is 44.2 Å². The van der Waals surface area contributed by atoms with E-state index in [1.54, 1.807) is 0 Å². The van der Waals surface area contributed by atoms with Crippen LogP contribution in [-0.2, 0) is 0 Å². The van der Waals surface area contributed by atoms with E-state index in [0.29, 0.717) is 6.04 Å². The Balaban J connectivity index is 2.35. The molecule has 0 spiro atoms. The van der Waals surface area contributed by atoms with E-state index in [-0.39, 0.29) is 0 Å². The van der Waals surface area contributed by atoms with E-state index in [1.165, 1.54) is 22.4 Å². The number of piperazine rings is 1. The van der Waals surface area contributed by atoms with Gasteiger partial charge >= 0.3 is 0 Å². The van der Waals surface area contributed by atoms with Crippen LogP contribution in [0.3, 0.4) is 0 Å². The summed E-state index contributed by atoms with van der Waals surface area (Å²) >= 11 is 0. The van der Waals surface area contributed by atoms with Gasteiger partial charge in [0.25, 0.3) is 0 Å². The Bertz CT molecular complexity index is 405. The average molecular weight is 247 g/mol. The van der Waals surface area contributed by atoms with E-state index in [2.05, 4.69) is 49.8 Å². The van der Waals surface area contributed by atoms with Crippen LogP contribution in [0.2, 0.25) is 0 Å². The largest absolute Gasteiger partial charge is 0.364 e. The zero-order chi connectivity index (χ0) is 13.3. The van der Waals surface area contributed by atoms with Gasteiger partial charge in [-0.1, -0.05) is 17.7 Å². The van der Waals surface area contributed by atoms with Crippen molar-refractivity contribution in [3.05, 3.63) is 28.8 Å². The predicted molar refractivity (Wildman–Crippen MR) is 78.3 cm³/mol. The zero-order valence-corrected chi connectivity index (χ0v) is 12.0. The van der Waals surface area contributed by atoms with Crippen LogP contribution in [0, 0.1) is 20.8 Å². The summed E-state index contributed by atoms with van der Waals surface area (Å²) in [6.45, 7) is 10.5. The molecular weight excluding hydrogens is 222 g/mol. The zero-order valence-electron chi connectivity index (χ0n) is 12.0. The average Bonchev–Trinajstić information content (AvgIpc) is 2.29. The quantitative estimate of drug-likeness (QED) is 0.863. The van der Waals surface area contributed by atoms with Gasteiger partial charge in [0.1, 0.15) is 0 Å². The molecule has 3 nitrogen and oxygen atoms in total. The third-order valence-electron chi connectivity index (χ3n) is 3.88. The maximum absolute atomic E-state index is 5.95. The van der Waals surface area contributed by atoms with Crippen molar-refractivity contribution in [1.82, 2.24) is 4.90 Å². The summed E-state index contributed by atoms with van der Waals surface area (Å²) < 4.78 is 0. The topological polar surface area (TPSA) is 32.5 Å². The Kier molecular flexibility index (Phi) is 3.93. The number of likely N-dealkylation sites (N-methyl/N-ethyl adjacent to an activating group) is 1. The van der Waals surface area contributed by atoms with Gasteiger partial charge in [-0.25, -0.2) is 0 Å². The van der Waals surface area contributed by atoms with Crippen LogP contribution in [0.25, 0.3) is 0 Å². The van der Waals surface area contributed by atoms with E-state index in [0.717, 1.165) is 26.2 Å². The standard InChI is InChI=1S/C15H25N3/c1-11-7-12(2)15(13(3)8-11)18-6-5-17(4)10-14(18)9-16/h7-8,14H,5-6,9-10,16H2,1-4H3. The summed E-state index contributed by atoms with van der Waals surface area (Å²) in [4.78, 5) is 4.87. The number of benzene rings is 1. The lowest BCUT2D eigenvalue weighted by Gasteiger charge is -2.42. The highest BCUT2D eigenvalue weighted by Crippen LogP contribution is 2.29. The lowest BCUT2D eigenvalue weighted by atomic mass is 10.0. The molecule has 0 amide bonds. The number of anilines is 1. The summed E-state index contributed by atoms with van der Waals surface area (Å²) in [5.41, 5.74) is 11.4. The van der Waals surface area contributed by atoms with E-state index in [9.17, 15) is 0 Å². The molecule has 100 valence electrons. The van der Waals surface area contributed by atoms with Gasteiger partial charge in [0, 0.05) is 31.9 Å². The lowest BCUT2D eigenvalue weighted by molar-refractivity contribution is 0.269. The van der Waals surface area contributed by atoms with Crippen molar-refractivity contribution < 1.29 is 0 Å². The summed E-state index contributed by atoms with van der Waals surface area (Å²) in [5.74, 6) is 0. The van der Waals surface area contributed by atoms with Crippen LogP contribution in [0.4, 0.5) is 5.69 Å². The van der Waals surface area contributed by atoms with E-state index in [1.807, 2.05) is 0 Å². The molecule has 1 saturated heterocycles. The first kappa shape index (κ1) is 13.4. The molecule has 1 atom stereocenters. The molecule has 0 bridgehead atoms. The summed E-state index contributed by atoms with van der Waals surface area (Å²) in [6, 6.07) is 4.98. The molecule has 0 radical (unpaired) electrons. The Morgan fingerprint density at radius 2 is 1.78 bits per heavy atom. The van der Waals surface area contributed by atoms with Crippen molar-refractivity contribution in [3.63, 3.8) is 0 Å². The monoisotopic (exact) mass is 247 g/mol. The summed E-state index contributed by atoms with van der Waals surface area (Å²) in [5, 5.41) is 0. The highest BCUT2D eigenvalue weighted by Gasteiger charge is 2.26. The Morgan fingerprint density at radius 1 is 1.17 bits per heavy atom. The Hall–Kier alpha value is -1.06. The van der Waals surface area contributed by atoms with Crippen LogP contribution in [0.5, 0.6) is 0 Å². The molecule has 18 heavy (non-hydrogen) atoms. The SMILES string of the molecule is Cc1cc(C)c(N2CCN(C)CC2CN)c(C)c1. The molecular formula is C15H25N3. The van der Waals surface area contributed by atoms with E-state index in [4.69, 9.17) is 5.73 Å². The Labute approximate surface area is 111 Å². The first-order chi connectivity index (χ1) is 8.52. The van der Waals surface area contributed by atoms with Crippen molar-refractivity contribution in [2.24, 2.45) is 5.73 Å². The fourth-order valence-corrected chi connectivity index (χ4v) is 3.13. The van der Waals surface area contributed by atoms with E-state index >= 15 is 0 Å². The minimum Gasteiger partial charge on any atom is -0.364 e. The maximum atomic E-state index is 5.95. The summed E-state index contributed by atoms with van der Waals surface area (Å²) in [6.07, 6.45) is 0. The number of rotatable bonds is 2. The minimum absolute atomic E-state index is 0.434. The molecule has 0 aromatic heterocycles. The fourth-order valence-electron chi connectivity index (χ4n) is 3.13. The number of aryl methyl sites for hydroxylation is 3. The first-order valence-corrected chi connectivity index (χ1v) is 6.76. The van der Waals surface area contributed by atoms with Gasteiger partial charge in [0.05, 0.1) is 6.04 Å².